The van der Waals surface area contributed by atoms with E-state index in [0.29, 0.717) is 18.4 Å². The van der Waals surface area contributed by atoms with Crippen LogP contribution >= 0.6 is 0 Å². The maximum Gasteiger partial charge on any atom is 0.246 e. The SMILES string of the molecule is CC[C@@H](C)[C@@H]1NC(=O)[C@H](Cc2ccc(O)cc2)NC(=O)[C@@H](N)C/C=C/C[C@@H](C(=O)N2CCC[C@H]2C(=O)N[C@@H](CC(C)C)C(=O)NCC(N)=O)NC(=O)[C@H](CC(N)=O)NC(=O)C(CCC(N)=O)NC1=O. The summed E-state index contributed by atoms with van der Waals surface area (Å²) < 4.78 is 0. The van der Waals surface area contributed by atoms with Gasteiger partial charge in [0.05, 0.1) is 19.0 Å². The lowest BCUT2D eigenvalue weighted by Crippen LogP contribution is -2.61. The Hall–Kier alpha value is -7.11. The number of amides is 11. The van der Waals surface area contributed by atoms with Gasteiger partial charge in [0, 0.05) is 19.4 Å². The molecule has 380 valence electrons. The predicted molar refractivity (Wildman–Crippen MR) is 248 cm³/mol. The summed E-state index contributed by atoms with van der Waals surface area (Å²) in [5.74, 6) is -10.2. The predicted octanol–water partition coefficient (Wildman–Crippen LogP) is -3.65. The van der Waals surface area contributed by atoms with Gasteiger partial charge >= 0.3 is 0 Å². The third kappa shape index (κ3) is 18.1. The van der Waals surface area contributed by atoms with Gasteiger partial charge in [-0.1, -0.05) is 58.4 Å². The lowest BCUT2D eigenvalue weighted by molar-refractivity contribution is -0.142. The van der Waals surface area contributed by atoms with Crippen LogP contribution < -0.4 is 60.2 Å². The summed E-state index contributed by atoms with van der Waals surface area (Å²) in [6.45, 7) is 6.58. The molecule has 1 aromatic rings. The third-order valence-electron chi connectivity index (χ3n) is 11.6. The van der Waals surface area contributed by atoms with Crippen molar-refractivity contribution in [1.29, 1.82) is 0 Å². The Morgan fingerprint density at radius 3 is 1.99 bits per heavy atom. The summed E-state index contributed by atoms with van der Waals surface area (Å²) in [6.07, 6.45) is 1.73. The molecule has 0 spiro atoms. The van der Waals surface area contributed by atoms with Crippen molar-refractivity contribution in [2.24, 2.45) is 34.8 Å². The van der Waals surface area contributed by atoms with Crippen LogP contribution in [0.5, 0.6) is 5.75 Å². The van der Waals surface area contributed by atoms with Gasteiger partial charge in [0.1, 0.15) is 48.0 Å². The number of aromatic hydroxyl groups is 1. The zero-order chi connectivity index (χ0) is 51.5. The maximum absolute atomic E-state index is 14.5. The molecule has 0 aliphatic carbocycles. The minimum absolute atomic E-state index is 0.0417. The van der Waals surface area contributed by atoms with Crippen LogP contribution in [0.3, 0.4) is 0 Å². The number of likely N-dealkylation sites (tertiary alicyclic amines) is 1. The van der Waals surface area contributed by atoms with Gasteiger partial charge in [-0.3, -0.25) is 52.7 Å². The van der Waals surface area contributed by atoms with Crippen molar-refractivity contribution in [3.63, 3.8) is 0 Å². The Labute approximate surface area is 400 Å². The standard InChI is InChI=1S/C45H68N12O12/c1-5-24(4)37-44(68)51-28(16-17-34(47)59)40(64)54-32(21-35(48)60)41(65)52-29(10-7-6-9-27(46)38(62)53-31(42(66)56-37)20-25-12-14-26(58)15-13-25)45(69)57-18-8-11-33(57)43(67)55-30(19-23(2)3)39(63)50-22-36(49)61/h6-7,12-15,23-24,27-33,37,58H,5,8-11,16-22,46H2,1-4H3,(H2,47,59)(H2,48,60)(H2,49,61)(H,50,63)(H,51,68)(H,52,65)(H,53,62)(H,54,64)(H,55,67)(H,56,66)/b7-6+/t24-,27+,28?,29+,30+,31+,32+,33+,37+/m1/s1. The summed E-state index contributed by atoms with van der Waals surface area (Å²) in [4.78, 5) is 148. The number of benzene rings is 1. The van der Waals surface area contributed by atoms with Gasteiger partial charge in [0.25, 0.3) is 0 Å². The highest BCUT2D eigenvalue weighted by atomic mass is 16.3. The number of phenols is 1. The van der Waals surface area contributed by atoms with Crippen LogP contribution in [0.2, 0.25) is 0 Å². The Bertz CT molecular complexity index is 2080. The van der Waals surface area contributed by atoms with Crippen LogP contribution in [0, 0.1) is 11.8 Å². The van der Waals surface area contributed by atoms with Crippen LogP contribution in [0.1, 0.15) is 91.0 Å². The molecule has 1 unspecified atom stereocenters. The second kappa shape index (κ2) is 27.0. The molecule has 24 heteroatoms. The molecule has 0 radical (unpaired) electrons. The highest BCUT2D eigenvalue weighted by molar-refractivity contribution is 5.99. The topological polar surface area (TPSA) is 400 Å². The molecule has 24 nitrogen and oxygen atoms in total. The number of rotatable bonds is 17. The zero-order valence-electron chi connectivity index (χ0n) is 39.4. The number of hydrogen-bond donors (Lipinski definition) is 12. The fourth-order valence-corrected chi connectivity index (χ4v) is 7.66. The Morgan fingerprint density at radius 2 is 1.38 bits per heavy atom. The summed E-state index contributed by atoms with van der Waals surface area (Å²) in [5, 5.41) is 27.6. The van der Waals surface area contributed by atoms with Crippen molar-refractivity contribution in [3.05, 3.63) is 42.0 Å². The van der Waals surface area contributed by atoms with E-state index in [9.17, 15) is 57.8 Å². The van der Waals surface area contributed by atoms with Crippen LogP contribution in [-0.2, 0) is 59.2 Å². The third-order valence-corrected chi connectivity index (χ3v) is 11.6. The van der Waals surface area contributed by atoms with Crippen LogP contribution in [0.25, 0.3) is 0 Å². The summed E-state index contributed by atoms with van der Waals surface area (Å²) >= 11 is 0. The first-order valence-corrected chi connectivity index (χ1v) is 22.9. The molecule has 1 fully saturated rings. The molecule has 0 aromatic heterocycles. The Morgan fingerprint density at radius 1 is 0.768 bits per heavy atom. The van der Waals surface area contributed by atoms with E-state index >= 15 is 0 Å². The molecule has 9 atom stereocenters. The fraction of sp³-hybridized carbons (Fsp3) is 0.578. The first-order chi connectivity index (χ1) is 32.5. The average Bonchev–Trinajstić information content (AvgIpc) is 3.78. The van der Waals surface area contributed by atoms with Crippen molar-refractivity contribution in [2.45, 2.75) is 140 Å². The molecule has 69 heavy (non-hydrogen) atoms. The van der Waals surface area contributed by atoms with Gasteiger partial charge in [-0.2, -0.15) is 0 Å². The maximum atomic E-state index is 14.5. The van der Waals surface area contributed by atoms with Crippen LogP contribution in [0.4, 0.5) is 0 Å². The minimum Gasteiger partial charge on any atom is -0.508 e. The van der Waals surface area contributed by atoms with Crippen molar-refractivity contribution in [1.82, 2.24) is 42.1 Å². The second-order valence-electron chi connectivity index (χ2n) is 17.8. The first-order valence-electron chi connectivity index (χ1n) is 22.9. The molecule has 0 saturated carbocycles. The molecule has 2 aliphatic heterocycles. The van der Waals surface area contributed by atoms with Gasteiger partial charge in [-0.25, -0.2) is 0 Å². The lowest BCUT2D eigenvalue weighted by atomic mass is 9.96. The fourth-order valence-electron chi connectivity index (χ4n) is 7.66. The van der Waals surface area contributed by atoms with E-state index in [1.165, 1.54) is 41.3 Å². The number of primary amides is 3. The lowest BCUT2D eigenvalue weighted by Gasteiger charge is -2.31. The van der Waals surface area contributed by atoms with Gasteiger partial charge < -0.3 is 70.2 Å². The molecule has 16 N–H and O–H groups in total. The Kier molecular flexibility index (Phi) is 22.0. The first kappa shape index (κ1) is 56.2. The van der Waals surface area contributed by atoms with Crippen molar-refractivity contribution >= 4 is 65.0 Å². The number of nitrogens with two attached hydrogens (primary N) is 4. The molecule has 11 amide bonds. The summed E-state index contributed by atoms with van der Waals surface area (Å²) in [5.41, 5.74) is 22.9. The van der Waals surface area contributed by atoms with Crippen molar-refractivity contribution < 1.29 is 57.8 Å². The number of carbonyl (C=O) groups excluding carboxylic acids is 11. The summed E-state index contributed by atoms with van der Waals surface area (Å²) in [6, 6.07) is -5.15. The molecular weight excluding hydrogens is 901 g/mol. The van der Waals surface area contributed by atoms with E-state index < -0.39 is 145 Å². The van der Waals surface area contributed by atoms with E-state index in [-0.39, 0.29) is 50.3 Å². The molecule has 0 bridgehead atoms. The molecular formula is C45H68N12O12. The monoisotopic (exact) mass is 969 g/mol. The smallest absolute Gasteiger partial charge is 0.246 e. The van der Waals surface area contributed by atoms with Crippen LogP contribution in [0.15, 0.2) is 36.4 Å². The van der Waals surface area contributed by atoms with Gasteiger partial charge in [-0.15, -0.1) is 0 Å². The van der Waals surface area contributed by atoms with Gasteiger partial charge in [-0.05, 0) is 68.1 Å². The molecule has 2 aliphatic rings. The molecule has 3 rings (SSSR count). The summed E-state index contributed by atoms with van der Waals surface area (Å²) in [7, 11) is 0. The number of nitrogens with zero attached hydrogens (tertiary/aromatic N) is 1. The highest BCUT2D eigenvalue weighted by Gasteiger charge is 2.40. The quantitative estimate of drug-likeness (QED) is 0.0671. The Balaban J connectivity index is 2.08. The van der Waals surface area contributed by atoms with E-state index in [1.807, 2.05) is 13.8 Å². The minimum atomic E-state index is -1.76. The molecule has 2 heterocycles. The van der Waals surface area contributed by atoms with E-state index in [0.717, 1.165) is 0 Å². The number of hydrogen-bond acceptors (Lipinski definition) is 13. The van der Waals surface area contributed by atoms with Crippen molar-refractivity contribution in [2.75, 3.05) is 13.1 Å². The van der Waals surface area contributed by atoms with Gasteiger partial charge in [0.2, 0.25) is 65.0 Å². The average molecular weight is 969 g/mol. The van der Waals surface area contributed by atoms with E-state index in [2.05, 4.69) is 37.2 Å². The number of phenolic OH excluding ortho intramolecular Hbond substituents is 1. The number of nitrogens with one attached hydrogen (secondary N) is 7. The van der Waals surface area contributed by atoms with E-state index in [1.54, 1.807) is 13.8 Å². The second-order valence-corrected chi connectivity index (χ2v) is 17.8. The molecule has 1 aromatic carbocycles. The zero-order valence-corrected chi connectivity index (χ0v) is 39.4. The van der Waals surface area contributed by atoms with E-state index in [4.69, 9.17) is 22.9 Å². The number of carbonyl (C=O) groups is 11. The highest BCUT2D eigenvalue weighted by Crippen LogP contribution is 2.21. The van der Waals surface area contributed by atoms with Crippen molar-refractivity contribution in [3.8, 4) is 5.75 Å². The normalized spacial score (nSPS) is 24.5. The van der Waals surface area contributed by atoms with Crippen LogP contribution in [-0.4, -0.2) is 136 Å². The van der Waals surface area contributed by atoms with Gasteiger partial charge in [0.15, 0.2) is 0 Å². The largest absolute Gasteiger partial charge is 0.508 e. The molecule has 1 saturated heterocycles.